The molecule has 2 rings (SSSR count). The lowest BCUT2D eigenvalue weighted by atomic mass is 10.5. The highest BCUT2D eigenvalue weighted by Crippen LogP contribution is 2.10. The molecule has 0 atom stereocenters. The summed E-state index contributed by atoms with van der Waals surface area (Å²) in [5.41, 5.74) is 6.24. The van der Waals surface area contributed by atoms with Gasteiger partial charge >= 0.3 is 0 Å². The van der Waals surface area contributed by atoms with Crippen LogP contribution < -0.4 is 15.8 Å². The van der Waals surface area contributed by atoms with Gasteiger partial charge in [0.2, 0.25) is 5.88 Å². The molecule has 0 aliphatic heterocycles. The maximum Gasteiger partial charge on any atom is 0.234 e. The predicted molar refractivity (Wildman–Crippen MR) is 72.9 cm³/mol. The summed E-state index contributed by atoms with van der Waals surface area (Å²) in [4.78, 5) is 8.37. The topological polar surface area (TPSA) is 90.9 Å². The Hall–Kier alpha value is -2.31. The van der Waals surface area contributed by atoms with Crippen molar-refractivity contribution in [3.63, 3.8) is 0 Å². The molecule has 0 radical (unpaired) electrons. The average molecular weight is 262 g/mol. The fraction of sp³-hybridized carbons (Fsp3) is 0.417. The quantitative estimate of drug-likeness (QED) is 0.811. The van der Waals surface area contributed by atoms with E-state index in [-0.39, 0.29) is 6.10 Å². The maximum atomic E-state index is 5.59. The first-order valence-corrected chi connectivity index (χ1v) is 6.14. The lowest BCUT2D eigenvalue weighted by molar-refractivity contribution is 0.232. The molecule has 2 aromatic heterocycles. The first kappa shape index (κ1) is 13.1. The van der Waals surface area contributed by atoms with Gasteiger partial charge in [-0.15, -0.1) is 0 Å². The summed E-state index contributed by atoms with van der Waals surface area (Å²) in [6, 6.07) is 0. The number of nitrogen functional groups attached to an aromatic ring is 1. The van der Waals surface area contributed by atoms with E-state index in [1.54, 1.807) is 29.5 Å². The molecule has 0 spiro atoms. The molecule has 0 amide bonds. The number of nitrogens with two attached hydrogens (primary N) is 1. The van der Waals surface area contributed by atoms with E-state index in [0.29, 0.717) is 30.5 Å². The van der Waals surface area contributed by atoms with Crippen LogP contribution >= 0.6 is 0 Å². The van der Waals surface area contributed by atoms with Crippen LogP contribution in [0, 0.1) is 0 Å². The molecule has 0 aliphatic rings. The third-order valence-corrected chi connectivity index (χ3v) is 2.27. The number of aromatic nitrogens is 4. The number of anilines is 2. The first-order valence-electron chi connectivity index (χ1n) is 6.14. The Bertz CT molecular complexity index is 524. The van der Waals surface area contributed by atoms with Crippen LogP contribution in [0.4, 0.5) is 11.5 Å². The number of hydrogen-bond acceptors (Lipinski definition) is 6. The summed E-state index contributed by atoms with van der Waals surface area (Å²) >= 11 is 0. The standard InChI is InChI=1S/C12H18N6O/c1-9(2)19-12-7-14-6-11(17-12)15-3-4-18-8-10(13)5-16-18/h5-9H,3-4,13H2,1-2H3,(H,15,17). The molecule has 0 bridgehead atoms. The summed E-state index contributed by atoms with van der Waals surface area (Å²) < 4.78 is 7.24. The number of ether oxygens (including phenoxy) is 1. The minimum atomic E-state index is 0.0802. The Morgan fingerprint density at radius 1 is 1.37 bits per heavy atom. The fourth-order valence-corrected chi connectivity index (χ4v) is 1.53. The Morgan fingerprint density at radius 2 is 2.21 bits per heavy atom. The maximum absolute atomic E-state index is 5.59. The van der Waals surface area contributed by atoms with Crippen molar-refractivity contribution < 1.29 is 4.74 Å². The van der Waals surface area contributed by atoms with Crippen LogP contribution in [0.5, 0.6) is 5.88 Å². The van der Waals surface area contributed by atoms with Crippen molar-refractivity contribution in [2.75, 3.05) is 17.6 Å². The first-order chi connectivity index (χ1) is 9.13. The van der Waals surface area contributed by atoms with Crippen LogP contribution in [0.25, 0.3) is 0 Å². The van der Waals surface area contributed by atoms with Gasteiger partial charge in [-0.3, -0.25) is 9.67 Å². The molecule has 2 heterocycles. The second-order valence-corrected chi connectivity index (χ2v) is 4.37. The Morgan fingerprint density at radius 3 is 2.89 bits per heavy atom. The molecular weight excluding hydrogens is 244 g/mol. The molecule has 19 heavy (non-hydrogen) atoms. The second kappa shape index (κ2) is 6.03. The van der Waals surface area contributed by atoms with E-state index in [2.05, 4.69) is 20.4 Å². The second-order valence-electron chi connectivity index (χ2n) is 4.37. The molecule has 0 aliphatic carbocycles. The fourth-order valence-electron chi connectivity index (χ4n) is 1.53. The monoisotopic (exact) mass is 262 g/mol. The largest absolute Gasteiger partial charge is 0.474 e. The summed E-state index contributed by atoms with van der Waals surface area (Å²) in [5, 5.41) is 7.26. The predicted octanol–water partition coefficient (Wildman–Crippen LogP) is 1.15. The molecule has 0 saturated heterocycles. The SMILES string of the molecule is CC(C)Oc1cncc(NCCn2cc(N)cn2)n1. The number of nitrogens with zero attached hydrogens (tertiary/aromatic N) is 4. The van der Waals surface area contributed by atoms with Crippen molar-refractivity contribution in [2.45, 2.75) is 26.5 Å². The van der Waals surface area contributed by atoms with Crippen LogP contribution in [-0.4, -0.2) is 32.4 Å². The molecule has 0 fully saturated rings. The third kappa shape index (κ3) is 4.13. The molecule has 0 saturated carbocycles. The smallest absolute Gasteiger partial charge is 0.234 e. The van der Waals surface area contributed by atoms with Crippen LogP contribution in [0.3, 0.4) is 0 Å². The zero-order valence-electron chi connectivity index (χ0n) is 11.1. The Labute approximate surface area is 111 Å². The van der Waals surface area contributed by atoms with Gasteiger partial charge in [0.1, 0.15) is 5.82 Å². The van der Waals surface area contributed by atoms with Gasteiger partial charge in [-0.2, -0.15) is 10.1 Å². The van der Waals surface area contributed by atoms with Crippen molar-refractivity contribution in [3.8, 4) is 5.88 Å². The normalized spacial score (nSPS) is 10.7. The summed E-state index contributed by atoms with van der Waals surface area (Å²) in [6.07, 6.45) is 6.74. The van der Waals surface area contributed by atoms with Gasteiger partial charge < -0.3 is 15.8 Å². The van der Waals surface area contributed by atoms with Crippen molar-refractivity contribution in [2.24, 2.45) is 0 Å². The summed E-state index contributed by atoms with van der Waals surface area (Å²) in [5.74, 6) is 1.20. The summed E-state index contributed by atoms with van der Waals surface area (Å²) in [6.45, 7) is 5.28. The zero-order valence-corrected chi connectivity index (χ0v) is 11.1. The van der Waals surface area contributed by atoms with Crippen molar-refractivity contribution in [3.05, 3.63) is 24.8 Å². The number of hydrogen-bond donors (Lipinski definition) is 2. The van der Waals surface area contributed by atoms with Gasteiger partial charge in [-0.1, -0.05) is 0 Å². The molecule has 0 aromatic carbocycles. The third-order valence-electron chi connectivity index (χ3n) is 2.27. The highest BCUT2D eigenvalue weighted by Gasteiger charge is 2.02. The Balaban J connectivity index is 1.85. The van der Waals surface area contributed by atoms with Gasteiger partial charge in [0, 0.05) is 12.7 Å². The van der Waals surface area contributed by atoms with Crippen molar-refractivity contribution >= 4 is 11.5 Å². The van der Waals surface area contributed by atoms with Gasteiger partial charge in [-0.05, 0) is 13.8 Å². The van der Waals surface area contributed by atoms with Crippen molar-refractivity contribution in [1.82, 2.24) is 19.7 Å². The van der Waals surface area contributed by atoms with E-state index in [1.165, 1.54) is 0 Å². The molecule has 3 N–H and O–H groups in total. The van der Waals surface area contributed by atoms with Crippen molar-refractivity contribution in [1.29, 1.82) is 0 Å². The molecule has 7 nitrogen and oxygen atoms in total. The van der Waals surface area contributed by atoms with E-state index >= 15 is 0 Å². The zero-order chi connectivity index (χ0) is 13.7. The van der Waals surface area contributed by atoms with Gasteiger partial charge in [-0.25, -0.2) is 0 Å². The number of rotatable bonds is 6. The molecule has 0 unspecified atom stereocenters. The lowest BCUT2D eigenvalue weighted by Crippen LogP contribution is -2.13. The molecule has 7 heteroatoms. The van der Waals surface area contributed by atoms with Crippen LogP contribution in [0.15, 0.2) is 24.8 Å². The van der Waals surface area contributed by atoms with E-state index < -0.39 is 0 Å². The lowest BCUT2D eigenvalue weighted by Gasteiger charge is -2.10. The van der Waals surface area contributed by atoms with Crippen LogP contribution in [-0.2, 0) is 6.54 Å². The molecular formula is C12H18N6O. The van der Waals surface area contributed by atoms with Crippen LogP contribution in [0.2, 0.25) is 0 Å². The van der Waals surface area contributed by atoms with E-state index in [0.717, 1.165) is 0 Å². The van der Waals surface area contributed by atoms with Crippen LogP contribution in [0.1, 0.15) is 13.8 Å². The number of nitrogens with one attached hydrogen (secondary N) is 1. The minimum absolute atomic E-state index is 0.0802. The van der Waals surface area contributed by atoms with Gasteiger partial charge in [0.15, 0.2) is 0 Å². The highest BCUT2D eigenvalue weighted by molar-refractivity contribution is 5.33. The van der Waals surface area contributed by atoms with Gasteiger partial charge in [0.05, 0.1) is 36.9 Å². The Kier molecular flexibility index (Phi) is 4.17. The average Bonchev–Trinajstić information content (AvgIpc) is 2.75. The van der Waals surface area contributed by atoms with E-state index in [9.17, 15) is 0 Å². The minimum Gasteiger partial charge on any atom is -0.474 e. The molecule has 2 aromatic rings. The van der Waals surface area contributed by atoms with E-state index in [1.807, 2.05) is 13.8 Å². The summed E-state index contributed by atoms with van der Waals surface area (Å²) in [7, 11) is 0. The highest BCUT2D eigenvalue weighted by atomic mass is 16.5. The van der Waals surface area contributed by atoms with Gasteiger partial charge in [0.25, 0.3) is 0 Å². The van der Waals surface area contributed by atoms with E-state index in [4.69, 9.17) is 10.5 Å². The molecule has 102 valence electrons.